The average Bonchev–Trinajstić information content (AvgIpc) is 3.07. The molecule has 1 heterocycles. The summed E-state index contributed by atoms with van der Waals surface area (Å²) in [6.45, 7) is 0.742. The lowest BCUT2D eigenvalue weighted by Crippen LogP contribution is -2.26. The van der Waals surface area contributed by atoms with E-state index in [4.69, 9.17) is 11.6 Å². The van der Waals surface area contributed by atoms with Gasteiger partial charge in [-0.25, -0.2) is 9.07 Å². The Morgan fingerprint density at radius 3 is 2.60 bits per heavy atom. The molecule has 0 saturated carbocycles. The van der Waals surface area contributed by atoms with Crippen LogP contribution in [-0.2, 0) is 13.0 Å². The van der Waals surface area contributed by atoms with Gasteiger partial charge in [0.1, 0.15) is 5.82 Å². The predicted octanol–water partition coefficient (Wildman–Crippen LogP) is 3.09. The minimum absolute atomic E-state index is 0.209. The molecule has 0 bridgehead atoms. The fourth-order valence-corrected chi connectivity index (χ4v) is 2.58. The van der Waals surface area contributed by atoms with E-state index in [-0.39, 0.29) is 17.4 Å². The molecule has 1 N–H and O–H groups in total. The van der Waals surface area contributed by atoms with Gasteiger partial charge in [0.15, 0.2) is 5.69 Å². The molecule has 1 amide bonds. The number of hydrogen-bond donors (Lipinski definition) is 1. The van der Waals surface area contributed by atoms with Crippen LogP contribution in [0.5, 0.6) is 0 Å². The molecule has 0 fully saturated rings. The Hall–Kier alpha value is -2.73. The molecular formula is C18H16ClFN4O. The summed E-state index contributed by atoms with van der Waals surface area (Å²) in [5.41, 5.74) is 1.66. The van der Waals surface area contributed by atoms with Gasteiger partial charge < -0.3 is 5.32 Å². The molecule has 0 aliphatic heterocycles. The predicted molar refractivity (Wildman–Crippen MR) is 93.0 cm³/mol. The minimum atomic E-state index is -0.346. The largest absolute Gasteiger partial charge is 0.350 e. The van der Waals surface area contributed by atoms with E-state index < -0.39 is 0 Å². The third kappa shape index (κ3) is 4.42. The molecule has 3 aromatic rings. The number of carbonyl (C=O) groups is 1. The fraction of sp³-hybridized carbons (Fsp3) is 0.167. The van der Waals surface area contributed by atoms with Gasteiger partial charge in [-0.05, 0) is 29.7 Å². The molecule has 2 aromatic carbocycles. The minimum Gasteiger partial charge on any atom is -0.350 e. The highest BCUT2D eigenvalue weighted by molar-refractivity contribution is 6.31. The van der Waals surface area contributed by atoms with Crippen molar-refractivity contribution in [3.8, 4) is 0 Å². The lowest BCUT2D eigenvalue weighted by Gasteiger charge is -2.04. The number of rotatable bonds is 6. The monoisotopic (exact) mass is 358 g/mol. The van der Waals surface area contributed by atoms with Crippen LogP contribution >= 0.6 is 11.6 Å². The van der Waals surface area contributed by atoms with Crippen molar-refractivity contribution in [1.82, 2.24) is 20.3 Å². The first-order valence-electron chi connectivity index (χ1n) is 7.78. The maximum absolute atomic E-state index is 13.5. The van der Waals surface area contributed by atoms with E-state index in [9.17, 15) is 9.18 Å². The maximum atomic E-state index is 13.5. The third-order valence-electron chi connectivity index (χ3n) is 3.70. The lowest BCUT2D eigenvalue weighted by atomic mass is 10.1. The van der Waals surface area contributed by atoms with Crippen LogP contribution in [0.1, 0.15) is 21.6 Å². The second-order valence-corrected chi connectivity index (χ2v) is 5.90. The summed E-state index contributed by atoms with van der Waals surface area (Å²) < 4.78 is 15.1. The maximum Gasteiger partial charge on any atom is 0.273 e. The highest BCUT2D eigenvalue weighted by Gasteiger charge is 2.11. The van der Waals surface area contributed by atoms with Crippen LogP contribution in [-0.4, -0.2) is 27.4 Å². The quantitative estimate of drug-likeness (QED) is 0.736. The van der Waals surface area contributed by atoms with Gasteiger partial charge in [-0.1, -0.05) is 53.2 Å². The topological polar surface area (TPSA) is 59.8 Å². The van der Waals surface area contributed by atoms with E-state index in [1.165, 1.54) is 6.07 Å². The van der Waals surface area contributed by atoms with E-state index in [1.807, 2.05) is 18.2 Å². The number of hydrogen-bond acceptors (Lipinski definition) is 3. The van der Waals surface area contributed by atoms with Gasteiger partial charge in [-0.2, -0.15) is 0 Å². The molecule has 0 radical (unpaired) electrons. The fourth-order valence-electron chi connectivity index (χ4n) is 2.38. The number of nitrogens with one attached hydrogen (secondary N) is 1. The SMILES string of the molecule is O=C(NCCc1ccccc1F)c1cn(Cc2ccccc2Cl)nn1. The molecule has 0 spiro atoms. The van der Waals surface area contributed by atoms with Crippen LogP contribution in [0.4, 0.5) is 4.39 Å². The first-order valence-corrected chi connectivity index (χ1v) is 8.16. The Morgan fingerprint density at radius 1 is 1.12 bits per heavy atom. The molecule has 0 aliphatic rings. The van der Waals surface area contributed by atoms with Crippen LogP contribution in [0.2, 0.25) is 5.02 Å². The molecule has 25 heavy (non-hydrogen) atoms. The summed E-state index contributed by atoms with van der Waals surface area (Å²) in [5, 5.41) is 11.2. The van der Waals surface area contributed by atoms with Crippen LogP contribution in [0.25, 0.3) is 0 Å². The van der Waals surface area contributed by atoms with Crippen molar-refractivity contribution in [1.29, 1.82) is 0 Å². The van der Waals surface area contributed by atoms with Gasteiger partial charge in [-0.3, -0.25) is 4.79 Å². The highest BCUT2D eigenvalue weighted by atomic mass is 35.5. The lowest BCUT2D eigenvalue weighted by molar-refractivity contribution is 0.0949. The summed E-state index contributed by atoms with van der Waals surface area (Å²) in [7, 11) is 0. The summed E-state index contributed by atoms with van der Waals surface area (Å²) >= 11 is 6.11. The standard InChI is InChI=1S/C18H16ClFN4O/c19-15-7-3-1-6-14(15)11-24-12-17(22-23-24)18(25)21-10-9-13-5-2-4-8-16(13)20/h1-8,12H,9-11H2,(H,21,25). The Kier molecular flexibility index (Phi) is 5.40. The highest BCUT2D eigenvalue weighted by Crippen LogP contribution is 2.15. The number of halogens is 2. The van der Waals surface area contributed by atoms with Crippen molar-refractivity contribution < 1.29 is 9.18 Å². The molecule has 5 nitrogen and oxygen atoms in total. The van der Waals surface area contributed by atoms with Crippen LogP contribution in [0, 0.1) is 5.82 Å². The molecule has 0 unspecified atom stereocenters. The van der Waals surface area contributed by atoms with Gasteiger partial charge in [0.25, 0.3) is 5.91 Å². The molecule has 1 aromatic heterocycles. The summed E-state index contributed by atoms with van der Waals surface area (Å²) in [5.74, 6) is -0.621. The average molecular weight is 359 g/mol. The molecule has 128 valence electrons. The Bertz CT molecular complexity index is 881. The smallest absolute Gasteiger partial charge is 0.273 e. The van der Waals surface area contributed by atoms with Crippen molar-refractivity contribution in [2.75, 3.05) is 6.54 Å². The zero-order chi connectivity index (χ0) is 17.6. The zero-order valence-corrected chi connectivity index (χ0v) is 14.1. The Balaban J connectivity index is 1.56. The van der Waals surface area contributed by atoms with E-state index in [0.717, 1.165) is 5.56 Å². The van der Waals surface area contributed by atoms with E-state index >= 15 is 0 Å². The Morgan fingerprint density at radius 2 is 1.84 bits per heavy atom. The van der Waals surface area contributed by atoms with Crippen LogP contribution < -0.4 is 5.32 Å². The normalized spacial score (nSPS) is 10.6. The first-order chi connectivity index (χ1) is 12.1. The zero-order valence-electron chi connectivity index (χ0n) is 13.3. The summed E-state index contributed by atoms with van der Waals surface area (Å²) in [6, 6.07) is 13.9. The van der Waals surface area contributed by atoms with Gasteiger partial charge in [-0.15, -0.1) is 5.10 Å². The van der Waals surface area contributed by atoms with Crippen molar-refractivity contribution in [2.45, 2.75) is 13.0 Å². The number of benzene rings is 2. The summed E-state index contributed by atoms with van der Waals surface area (Å²) in [6.07, 6.45) is 1.97. The first kappa shape index (κ1) is 17.1. The molecular weight excluding hydrogens is 343 g/mol. The van der Waals surface area contributed by atoms with Crippen molar-refractivity contribution >= 4 is 17.5 Å². The number of aromatic nitrogens is 3. The summed E-state index contributed by atoms with van der Waals surface area (Å²) in [4.78, 5) is 12.1. The molecule has 0 saturated heterocycles. The van der Waals surface area contributed by atoms with E-state index in [1.54, 1.807) is 35.1 Å². The van der Waals surface area contributed by atoms with Gasteiger partial charge in [0.05, 0.1) is 12.7 Å². The van der Waals surface area contributed by atoms with Crippen molar-refractivity contribution in [2.24, 2.45) is 0 Å². The number of nitrogens with zero attached hydrogens (tertiary/aromatic N) is 3. The number of amides is 1. The van der Waals surface area contributed by atoms with Crippen LogP contribution in [0.15, 0.2) is 54.7 Å². The Labute approximate surface area is 149 Å². The molecule has 7 heteroatoms. The van der Waals surface area contributed by atoms with Crippen molar-refractivity contribution in [3.63, 3.8) is 0 Å². The van der Waals surface area contributed by atoms with Crippen LogP contribution in [0.3, 0.4) is 0 Å². The van der Waals surface area contributed by atoms with Gasteiger partial charge in [0, 0.05) is 11.6 Å². The second kappa shape index (κ2) is 7.90. The second-order valence-electron chi connectivity index (χ2n) is 5.49. The molecule has 3 rings (SSSR count). The molecule has 0 atom stereocenters. The van der Waals surface area contributed by atoms with Gasteiger partial charge in [0.2, 0.25) is 0 Å². The number of carbonyl (C=O) groups excluding carboxylic acids is 1. The van der Waals surface area contributed by atoms with E-state index in [2.05, 4.69) is 15.6 Å². The van der Waals surface area contributed by atoms with E-state index in [0.29, 0.717) is 30.1 Å². The third-order valence-corrected chi connectivity index (χ3v) is 4.07. The van der Waals surface area contributed by atoms with Gasteiger partial charge >= 0.3 is 0 Å². The van der Waals surface area contributed by atoms with Crippen molar-refractivity contribution in [3.05, 3.63) is 82.4 Å². The molecule has 0 aliphatic carbocycles.